The molecule has 10 nitrogen and oxygen atoms in total. The summed E-state index contributed by atoms with van der Waals surface area (Å²) in [5, 5.41) is 11.6. The highest BCUT2D eigenvalue weighted by Gasteiger charge is 2.37. The molecule has 1 unspecified atom stereocenters. The zero-order valence-corrected chi connectivity index (χ0v) is 24.3. The van der Waals surface area contributed by atoms with Crippen molar-refractivity contribution in [2.24, 2.45) is 5.92 Å². The Bertz CT molecular complexity index is 1420. The molecule has 0 fully saturated rings. The summed E-state index contributed by atoms with van der Waals surface area (Å²) in [5.41, 5.74) is 1.59. The van der Waals surface area contributed by atoms with Gasteiger partial charge in [0.15, 0.2) is 11.3 Å². The van der Waals surface area contributed by atoms with Crippen LogP contribution >= 0.6 is 0 Å². The maximum atomic E-state index is 14.0. The Balaban J connectivity index is 2.03. The fourth-order valence-corrected chi connectivity index (χ4v) is 5.01. The smallest absolute Gasteiger partial charge is 0.347 e. The number of benzene rings is 1. The molecule has 1 aliphatic heterocycles. The molecule has 0 saturated carbocycles. The van der Waals surface area contributed by atoms with Crippen LogP contribution in [-0.2, 0) is 27.2 Å². The Hall–Kier alpha value is -3.89. The van der Waals surface area contributed by atoms with Gasteiger partial charge in [-0.15, -0.1) is 0 Å². The lowest BCUT2D eigenvalue weighted by atomic mass is 9.85. The molecule has 0 radical (unpaired) electrons. The van der Waals surface area contributed by atoms with Crippen LogP contribution in [0.1, 0.15) is 53.4 Å². The number of carbonyl (C=O) groups excluding carboxylic acids is 1. The first kappa shape index (κ1) is 30.1. The van der Waals surface area contributed by atoms with Crippen molar-refractivity contribution in [1.29, 1.82) is 0 Å². The van der Waals surface area contributed by atoms with Crippen molar-refractivity contribution in [3.05, 3.63) is 69.1 Å². The number of pyridine rings is 2. The van der Waals surface area contributed by atoms with Crippen LogP contribution in [0.15, 0.2) is 41.2 Å². The molecular formula is C31H38N2O8. The molecule has 0 amide bonds. The number of aromatic nitrogens is 2. The van der Waals surface area contributed by atoms with Gasteiger partial charge < -0.3 is 33.4 Å². The second kappa shape index (κ2) is 13.6. The molecule has 0 bridgehead atoms. The maximum Gasteiger partial charge on any atom is 0.347 e. The number of esters is 1. The number of ether oxygens (including phenoxy) is 5. The zero-order valence-electron chi connectivity index (χ0n) is 24.3. The molecule has 10 heteroatoms. The van der Waals surface area contributed by atoms with E-state index in [9.17, 15) is 14.7 Å². The summed E-state index contributed by atoms with van der Waals surface area (Å²) in [5.74, 6) is -0.717. The van der Waals surface area contributed by atoms with Crippen LogP contribution in [-0.4, -0.2) is 68.4 Å². The van der Waals surface area contributed by atoms with Gasteiger partial charge in [0.1, 0.15) is 17.2 Å². The van der Waals surface area contributed by atoms with E-state index in [4.69, 9.17) is 28.7 Å². The van der Waals surface area contributed by atoms with Gasteiger partial charge in [-0.2, -0.15) is 0 Å². The van der Waals surface area contributed by atoms with E-state index < -0.39 is 22.8 Å². The van der Waals surface area contributed by atoms with Crippen LogP contribution < -0.4 is 15.0 Å². The van der Waals surface area contributed by atoms with E-state index in [0.29, 0.717) is 66.8 Å². The largest absolute Gasteiger partial charge is 0.506 e. The molecule has 1 atom stereocenters. The number of aromatic hydroxyl groups is 1. The quantitative estimate of drug-likeness (QED) is 0.254. The highest BCUT2D eigenvalue weighted by Crippen LogP contribution is 2.46. The molecule has 4 rings (SSSR count). The standard InChI is InChI=1S/C31H38N2O8/c1-19(2)21-18-41-24-16-23(40-14-9-13-37-3)22(12-15-38-4)32-27(24)28-25(21)29(34)26(31(36)39-5)30(35)33(28)17-20-10-7-6-8-11-20/h6-8,10-11,16,19,21,34H,9,12-15,17-18H2,1-5H3. The molecule has 3 aromatic rings. The number of carbonyl (C=O) groups is 1. The predicted molar refractivity (Wildman–Crippen MR) is 153 cm³/mol. The third kappa shape index (κ3) is 6.39. The summed E-state index contributed by atoms with van der Waals surface area (Å²) >= 11 is 0. The molecule has 0 aliphatic carbocycles. The molecule has 41 heavy (non-hydrogen) atoms. The number of rotatable bonds is 12. The van der Waals surface area contributed by atoms with Crippen molar-refractivity contribution in [3.8, 4) is 28.6 Å². The third-order valence-electron chi connectivity index (χ3n) is 7.19. The molecule has 3 heterocycles. The van der Waals surface area contributed by atoms with E-state index in [2.05, 4.69) is 0 Å². The normalized spacial score (nSPS) is 14.1. The molecule has 0 saturated heterocycles. The highest BCUT2D eigenvalue weighted by molar-refractivity contribution is 5.94. The van der Waals surface area contributed by atoms with Crippen LogP contribution in [0.25, 0.3) is 11.4 Å². The first-order valence-corrected chi connectivity index (χ1v) is 13.7. The van der Waals surface area contributed by atoms with E-state index in [1.165, 1.54) is 11.7 Å². The fraction of sp³-hybridized carbons (Fsp3) is 0.452. The molecule has 1 N–H and O–H groups in total. The number of methoxy groups -OCH3 is 3. The second-order valence-corrected chi connectivity index (χ2v) is 10.2. The SMILES string of the molecule is COCCCOc1cc2c(nc1CCOC)-c1c(c(O)c(C(=O)OC)c(=O)n1Cc1ccccc1)C(C(C)C)CO2. The second-order valence-electron chi connectivity index (χ2n) is 10.2. The first-order valence-electron chi connectivity index (χ1n) is 13.7. The average molecular weight is 567 g/mol. The number of hydrogen-bond donors (Lipinski definition) is 1. The van der Waals surface area contributed by atoms with Gasteiger partial charge in [0, 0.05) is 51.2 Å². The minimum absolute atomic E-state index is 0.0140. The number of fused-ring (bicyclic) bond motifs is 3. The van der Waals surface area contributed by atoms with Crippen LogP contribution in [0.2, 0.25) is 0 Å². The highest BCUT2D eigenvalue weighted by atomic mass is 16.5. The van der Waals surface area contributed by atoms with Crippen LogP contribution in [0, 0.1) is 5.92 Å². The molecule has 0 spiro atoms. The lowest BCUT2D eigenvalue weighted by Crippen LogP contribution is -2.31. The Morgan fingerprint density at radius 3 is 2.51 bits per heavy atom. The van der Waals surface area contributed by atoms with Gasteiger partial charge >= 0.3 is 5.97 Å². The van der Waals surface area contributed by atoms with Gasteiger partial charge in [-0.3, -0.25) is 4.79 Å². The first-order chi connectivity index (χ1) is 19.8. The summed E-state index contributed by atoms with van der Waals surface area (Å²) in [6.07, 6.45) is 1.14. The lowest BCUT2D eigenvalue weighted by molar-refractivity contribution is 0.0594. The van der Waals surface area contributed by atoms with E-state index in [1.54, 1.807) is 20.3 Å². The van der Waals surface area contributed by atoms with Gasteiger partial charge in [0.05, 0.1) is 44.9 Å². The summed E-state index contributed by atoms with van der Waals surface area (Å²) in [4.78, 5) is 31.8. The van der Waals surface area contributed by atoms with Gasteiger partial charge in [-0.05, 0) is 11.5 Å². The topological polar surface area (TPSA) is 118 Å². The Morgan fingerprint density at radius 1 is 1.12 bits per heavy atom. The summed E-state index contributed by atoms with van der Waals surface area (Å²) in [7, 11) is 4.43. The molecule has 1 aliphatic rings. The van der Waals surface area contributed by atoms with E-state index in [0.717, 1.165) is 5.56 Å². The molecular weight excluding hydrogens is 528 g/mol. The summed E-state index contributed by atoms with van der Waals surface area (Å²) < 4.78 is 29.3. The van der Waals surface area contributed by atoms with Crippen molar-refractivity contribution in [2.45, 2.75) is 39.2 Å². The minimum atomic E-state index is -0.904. The van der Waals surface area contributed by atoms with Crippen LogP contribution in [0.4, 0.5) is 0 Å². The van der Waals surface area contributed by atoms with Crippen molar-refractivity contribution in [1.82, 2.24) is 9.55 Å². The maximum absolute atomic E-state index is 14.0. The van der Waals surface area contributed by atoms with E-state index >= 15 is 0 Å². The van der Waals surface area contributed by atoms with Gasteiger partial charge in [-0.25, -0.2) is 9.78 Å². The Labute approximate surface area is 239 Å². The minimum Gasteiger partial charge on any atom is -0.506 e. The Morgan fingerprint density at radius 2 is 1.85 bits per heavy atom. The molecule has 2 aromatic heterocycles. The summed E-state index contributed by atoms with van der Waals surface area (Å²) in [6, 6.07) is 11.2. The third-order valence-corrected chi connectivity index (χ3v) is 7.19. The van der Waals surface area contributed by atoms with Crippen molar-refractivity contribution < 1.29 is 33.6 Å². The van der Waals surface area contributed by atoms with Gasteiger partial charge in [0.2, 0.25) is 0 Å². The number of nitrogens with zero attached hydrogens (tertiary/aromatic N) is 2. The van der Waals surface area contributed by atoms with Crippen molar-refractivity contribution in [3.63, 3.8) is 0 Å². The average Bonchev–Trinajstić information content (AvgIpc) is 3.13. The lowest BCUT2D eigenvalue weighted by Gasteiger charge is -2.25. The van der Waals surface area contributed by atoms with Crippen molar-refractivity contribution >= 4 is 5.97 Å². The van der Waals surface area contributed by atoms with Crippen LogP contribution in [0.3, 0.4) is 0 Å². The molecule has 1 aromatic carbocycles. The van der Waals surface area contributed by atoms with Crippen molar-refractivity contribution in [2.75, 3.05) is 47.8 Å². The monoisotopic (exact) mass is 566 g/mol. The zero-order chi connectivity index (χ0) is 29.5. The summed E-state index contributed by atoms with van der Waals surface area (Å²) in [6.45, 7) is 5.70. The van der Waals surface area contributed by atoms with Gasteiger partial charge in [0.25, 0.3) is 5.56 Å². The van der Waals surface area contributed by atoms with Gasteiger partial charge in [-0.1, -0.05) is 44.2 Å². The Kier molecular flexibility index (Phi) is 10.0. The predicted octanol–water partition coefficient (Wildman–Crippen LogP) is 4.19. The molecule has 220 valence electrons. The van der Waals surface area contributed by atoms with Crippen LogP contribution in [0.5, 0.6) is 17.2 Å². The van der Waals surface area contributed by atoms with E-state index in [1.807, 2.05) is 44.2 Å². The van der Waals surface area contributed by atoms with E-state index in [-0.39, 0.29) is 25.0 Å². The number of hydrogen-bond acceptors (Lipinski definition) is 9. The fourth-order valence-electron chi connectivity index (χ4n) is 5.01.